The molecule has 0 heterocycles. The minimum Gasteiger partial charge on any atom is -0.504 e. The summed E-state index contributed by atoms with van der Waals surface area (Å²) in [6.45, 7) is 1.86. The fourth-order valence-corrected chi connectivity index (χ4v) is 1.66. The summed E-state index contributed by atoms with van der Waals surface area (Å²) >= 11 is 5.99. The van der Waals surface area contributed by atoms with Crippen molar-refractivity contribution in [3.8, 4) is 11.5 Å². The van der Waals surface area contributed by atoms with E-state index in [-0.39, 0.29) is 34.4 Å². The Hall–Kier alpha value is -1.26. The first-order valence-corrected chi connectivity index (χ1v) is 5.14. The molecule has 0 spiro atoms. The number of aromatic hydroxyl groups is 1. The maximum atomic E-state index is 11.7. The Balaban J connectivity index is 3.35. The van der Waals surface area contributed by atoms with Crippen molar-refractivity contribution in [2.45, 2.75) is 6.92 Å². The molecule has 0 unspecified atom stereocenters. The summed E-state index contributed by atoms with van der Waals surface area (Å²) in [5.74, 6) is -0.230. The molecule has 0 saturated carbocycles. The highest BCUT2D eigenvalue weighted by atomic mass is 35.5. The molecule has 0 fully saturated rings. The Kier molecular flexibility index (Phi) is 4.15. The number of carbonyl (C=O) groups excluding carboxylic acids is 1. The number of Topliss-reactive ketones (excluding diaryl/α,β-unsaturated/α-hetero) is 1. The maximum absolute atomic E-state index is 11.7. The monoisotopic (exact) mass is 243 g/mol. The molecule has 0 amide bonds. The van der Waals surface area contributed by atoms with E-state index in [1.165, 1.54) is 7.11 Å². The molecule has 0 aliphatic heterocycles. The lowest BCUT2D eigenvalue weighted by Crippen LogP contribution is -2.19. The van der Waals surface area contributed by atoms with E-state index in [9.17, 15) is 9.90 Å². The lowest BCUT2D eigenvalue weighted by molar-refractivity contribution is 0.0990. The molecule has 1 aromatic carbocycles. The zero-order chi connectivity index (χ0) is 12.3. The Labute approximate surface area is 99.2 Å². The van der Waals surface area contributed by atoms with Gasteiger partial charge in [0, 0.05) is 0 Å². The number of likely N-dealkylation sites (N-methyl/N-ethyl adjacent to an activating group) is 1. The predicted molar refractivity (Wildman–Crippen MR) is 62.7 cm³/mol. The zero-order valence-corrected chi connectivity index (χ0v) is 10.2. The number of halogens is 1. The van der Waals surface area contributed by atoms with Gasteiger partial charge >= 0.3 is 0 Å². The van der Waals surface area contributed by atoms with E-state index in [1.807, 2.05) is 0 Å². The van der Waals surface area contributed by atoms with Crippen LogP contribution < -0.4 is 10.1 Å². The van der Waals surface area contributed by atoms with Gasteiger partial charge < -0.3 is 15.2 Å². The van der Waals surface area contributed by atoms with E-state index in [0.717, 1.165) is 0 Å². The maximum Gasteiger partial charge on any atom is 0.181 e. The molecule has 16 heavy (non-hydrogen) atoms. The van der Waals surface area contributed by atoms with E-state index in [4.69, 9.17) is 16.3 Å². The number of phenols is 1. The van der Waals surface area contributed by atoms with Gasteiger partial charge in [-0.2, -0.15) is 0 Å². The van der Waals surface area contributed by atoms with Crippen LogP contribution in [0.15, 0.2) is 6.07 Å². The minimum atomic E-state index is -0.271. The third-order valence-corrected chi connectivity index (χ3v) is 2.71. The van der Waals surface area contributed by atoms with Crippen molar-refractivity contribution in [2.24, 2.45) is 0 Å². The van der Waals surface area contributed by atoms with Crippen LogP contribution in [0.3, 0.4) is 0 Å². The molecule has 5 heteroatoms. The third-order valence-electron chi connectivity index (χ3n) is 2.22. The summed E-state index contributed by atoms with van der Waals surface area (Å²) in [6, 6.07) is 1.59. The van der Waals surface area contributed by atoms with Gasteiger partial charge in [-0.1, -0.05) is 11.6 Å². The number of carbonyl (C=O) groups is 1. The van der Waals surface area contributed by atoms with Crippen molar-refractivity contribution in [2.75, 3.05) is 20.7 Å². The molecule has 0 radical (unpaired) electrons. The highest BCUT2D eigenvalue weighted by Crippen LogP contribution is 2.37. The van der Waals surface area contributed by atoms with Crippen molar-refractivity contribution in [1.82, 2.24) is 5.32 Å². The summed E-state index contributed by atoms with van der Waals surface area (Å²) in [6.07, 6.45) is 0. The molecule has 4 nitrogen and oxygen atoms in total. The lowest BCUT2D eigenvalue weighted by Gasteiger charge is -2.12. The van der Waals surface area contributed by atoms with Gasteiger partial charge in [-0.3, -0.25) is 4.79 Å². The van der Waals surface area contributed by atoms with E-state index in [0.29, 0.717) is 5.56 Å². The number of nitrogens with one attached hydrogen (secondary N) is 1. The first-order chi connectivity index (χ1) is 7.52. The Morgan fingerprint density at radius 3 is 2.75 bits per heavy atom. The number of hydrogen-bond acceptors (Lipinski definition) is 4. The highest BCUT2D eigenvalue weighted by molar-refractivity contribution is 6.35. The molecule has 2 N–H and O–H groups in total. The number of aryl methyl sites for hydroxylation is 1. The van der Waals surface area contributed by atoms with Crippen molar-refractivity contribution in [3.05, 3.63) is 22.2 Å². The molecule has 1 aromatic rings. The van der Waals surface area contributed by atoms with Crippen molar-refractivity contribution in [1.29, 1.82) is 0 Å². The second kappa shape index (κ2) is 5.18. The average molecular weight is 244 g/mol. The van der Waals surface area contributed by atoms with Crippen LogP contribution in [0.1, 0.15) is 15.9 Å². The van der Waals surface area contributed by atoms with E-state index in [1.54, 1.807) is 20.0 Å². The Morgan fingerprint density at radius 2 is 2.25 bits per heavy atom. The van der Waals surface area contributed by atoms with Gasteiger partial charge in [0.1, 0.15) is 0 Å². The predicted octanol–water partition coefficient (Wildman–Crippen LogP) is 1.76. The molecular formula is C11H14ClNO3. The van der Waals surface area contributed by atoms with Crippen LogP contribution in [0.4, 0.5) is 0 Å². The largest absolute Gasteiger partial charge is 0.504 e. The molecule has 0 aliphatic carbocycles. The van der Waals surface area contributed by atoms with Crippen LogP contribution in [0.25, 0.3) is 0 Å². The Bertz CT molecular complexity index is 418. The third kappa shape index (κ3) is 2.28. The van der Waals surface area contributed by atoms with Crippen LogP contribution in [0, 0.1) is 6.92 Å². The van der Waals surface area contributed by atoms with Gasteiger partial charge in [-0.05, 0) is 25.6 Å². The van der Waals surface area contributed by atoms with E-state index < -0.39 is 0 Å². The smallest absolute Gasteiger partial charge is 0.181 e. The van der Waals surface area contributed by atoms with E-state index in [2.05, 4.69) is 5.32 Å². The fraction of sp³-hybridized carbons (Fsp3) is 0.364. The number of phenolic OH excluding ortho intramolecular Hbond substituents is 1. The molecular weight excluding hydrogens is 230 g/mol. The van der Waals surface area contributed by atoms with Crippen molar-refractivity contribution < 1.29 is 14.6 Å². The number of rotatable bonds is 4. The van der Waals surface area contributed by atoms with Crippen LogP contribution >= 0.6 is 11.6 Å². The first kappa shape index (κ1) is 12.8. The average Bonchev–Trinajstić information content (AvgIpc) is 2.24. The summed E-state index contributed by atoms with van der Waals surface area (Å²) in [7, 11) is 3.07. The SMILES string of the molecule is CNCC(=O)c1c(O)c(OC)cc(C)c1Cl. The van der Waals surface area contributed by atoms with Crippen LogP contribution in [0.2, 0.25) is 5.02 Å². The Morgan fingerprint density at radius 1 is 1.62 bits per heavy atom. The van der Waals surface area contributed by atoms with Gasteiger partial charge in [0.25, 0.3) is 0 Å². The summed E-state index contributed by atoms with van der Waals surface area (Å²) < 4.78 is 4.97. The van der Waals surface area contributed by atoms with Crippen molar-refractivity contribution >= 4 is 17.4 Å². The number of ketones is 1. The standard InChI is InChI=1S/C11H14ClNO3/c1-6-4-8(16-3)11(15)9(10(6)12)7(14)5-13-2/h4,13,15H,5H2,1-3H3. The van der Waals surface area contributed by atoms with Gasteiger partial charge in [0.15, 0.2) is 17.3 Å². The molecule has 0 atom stereocenters. The van der Waals surface area contributed by atoms with Gasteiger partial charge in [-0.25, -0.2) is 0 Å². The summed E-state index contributed by atoms with van der Waals surface area (Å²) in [5.41, 5.74) is 0.795. The van der Waals surface area contributed by atoms with Crippen LogP contribution in [-0.4, -0.2) is 31.6 Å². The second-order valence-corrected chi connectivity index (χ2v) is 3.76. The zero-order valence-electron chi connectivity index (χ0n) is 9.43. The van der Waals surface area contributed by atoms with E-state index >= 15 is 0 Å². The van der Waals surface area contributed by atoms with Gasteiger partial charge in [0.05, 0.1) is 24.2 Å². The lowest BCUT2D eigenvalue weighted by atomic mass is 10.1. The second-order valence-electron chi connectivity index (χ2n) is 3.39. The molecule has 0 bridgehead atoms. The number of benzene rings is 1. The van der Waals surface area contributed by atoms with Crippen LogP contribution in [-0.2, 0) is 0 Å². The quantitative estimate of drug-likeness (QED) is 0.792. The van der Waals surface area contributed by atoms with Crippen LogP contribution in [0.5, 0.6) is 11.5 Å². The molecule has 0 saturated heterocycles. The number of ether oxygens (including phenoxy) is 1. The van der Waals surface area contributed by atoms with Gasteiger partial charge in [-0.15, -0.1) is 0 Å². The number of methoxy groups -OCH3 is 1. The molecule has 1 rings (SSSR count). The fourth-order valence-electron chi connectivity index (χ4n) is 1.41. The summed E-state index contributed by atoms with van der Waals surface area (Å²) in [4.78, 5) is 11.7. The number of hydrogen-bond donors (Lipinski definition) is 2. The van der Waals surface area contributed by atoms with Gasteiger partial charge in [0.2, 0.25) is 0 Å². The molecule has 88 valence electrons. The normalized spacial score (nSPS) is 10.2. The topological polar surface area (TPSA) is 58.6 Å². The highest BCUT2D eigenvalue weighted by Gasteiger charge is 2.20. The molecule has 0 aromatic heterocycles. The summed E-state index contributed by atoms with van der Waals surface area (Å²) in [5, 5.41) is 12.8. The first-order valence-electron chi connectivity index (χ1n) is 4.76. The molecule has 0 aliphatic rings. The minimum absolute atomic E-state index is 0.105. The van der Waals surface area contributed by atoms with Crippen molar-refractivity contribution in [3.63, 3.8) is 0 Å².